The van der Waals surface area contributed by atoms with Crippen molar-refractivity contribution >= 4 is 11.6 Å². The number of aliphatic hydroxyl groups is 3. The summed E-state index contributed by atoms with van der Waals surface area (Å²) in [5.74, 6) is -0.0700. The number of hydrogen-bond donors (Lipinski definition) is 5. The van der Waals surface area contributed by atoms with E-state index in [-0.39, 0.29) is 13.0 Å². The molecule has 2 heterocycles. The lowest BCUT2D eigenvalue weighted by atomic mass is 10.1. The van der Waals surface area contributed by atoms with Crippen molar-refractivity contribution in [3.8, 4) is 0 Å². The number of hydrazone groups is 1. The highest BCUT2D eigenvalue weighted by molar-refractivity contribution is 5.98. The molecule has 24 heavy (non-hydrogen) atoms. The molecule has 2 aromatic heterocycles. The number of rotatable bonds is 7. The van der Waals surface area contributed by atoms with E-state index >= 15 is 0 Å². The molecule has 9 heteroatoms. The maximum Gasteiger partial charge on any atom is 0.272 e. The highest BCUT2D eigenvalue weighted by Gasteiger charge is 2.20. The lowest BCUT2D eigenvalue weighted by Crippen LogP contribution is -2.20. The monoisotopic (exact) mass is 333 g/mol. The number of aromatic amines is 1. The molecule has 0 aliphatic carbocycles. The molecule has 2 aromatic rings. The van der Waals surface area contributed by atoms with Gasteiger partial charge in [-0.05, 0) is 25.5 Å². The second-order valence-corrected chi connectivity index (χ2v) is 5.09. The van der Waals surface area contributed by atoms with Crippen LogP contribution in [0.15, 0.2) is 35.8 Å². The number of carbonyl (C=O) groups is 1. The van der Waals surface area contributed by atoms with Gasteiger partial charge in [-0.25, -0.2) is 10.4 Å². The molecule has 0 saturated heterocycles. The van der Waals surface area contributed by atoms with Crippen LogP contribution >= 0.6 is 0 Å². The van der Waals surface area contributed by atoms with Crippen molar-refractivity contribution in [2.24, 2.45) is 5.10 Å². The van der Waals surface area contributed by atoms with Gasteiger partial charge in [0.1, 0.15) is 11.8 Å². The number of amides is 1. The third-order valence-electron chi connectivity index (χ3n) is 3.30. The number of aliphatic hydroxyl groups excluding tert-OH is 3. The summed E-state index contributed by atoms with van der Waals surface area (Å²) in [5, 5.41) is 32.3. The number of carbonyl (C=O) groups excluding carboxylic acids is 1. The second-order valence-electron chi connectivity index (χ2n) is 5.09. The minimum absolute atomic E-state index is 0.0454. The van der Waals surface area contributed by atoms with Crippen LogP contribution in [0.5, 0.6) is 0 Å². The third-order valence-corrected chi connectivity index (χ3v) is 3.30. The molecule has 0 aromatic carbocycles. The molecule has 2 atom stereocenters. The Morgan fingerprint density at radius 2 is 2.21 bits per heavy atom. The van der Waals surface area contributed by atoms with Gasteiger partial charge in [0, 0.05) is 19.0 Å². The van der Waals surface area contributed by atoms with Crippen molar-refractivity contribution in [3.05, 3.63) is 47.8 Å². The Bertz CT molecular complexity index is 701. The SMILES string of the molecule is C/C(=N\NC(=O)c1cccnc1)c1ncc(C(O)C(O)CCO)[nH]1. The summed E-state index contributed by atoms with van der Waals surface area (Å²) >= 11 is 0. The molecule has 0 spiro atoms. The molecule has 0 aliphatic heterocycles. The van der Waals surface area contributed by atoms with Crippen LogP contribution in [0.3, 0.4) is 0 Å². The summed E-state index contributed by atoms with van der Waals surface area (Å²) in [6.45, 7) is 1.39. The van der Waals surface area contributed by atoms with Gasteiger partial charge < -0.3 is 20.3 Å². The zero-order chi connectivity index (χ0) is 17.5. The van der Waals surface area contributed by atoms with E-state index in [1.54, 1.807) is 25.3 Å². The van der Waals surface area contributed by atoms with Gasteiger partial charge in [-0.3, -0.25) is 9.78 Å². The average Bonchev–Trinajstić information content (AvgIpc) is 3.09. The minimum atomic E-state index is -1.20. The predicted octanol–water partition coefficient (Wildman–Crippen LogP) is -0.265. The van der Waals surface area contributed by atoms with Gasteiger partial charge in [-0.2, -0.15) is 5.10 Å². The van der Waals surface area contributed by atoms with Gasteiger partial charge in [-0.15, -0.1) is 0 Å². The summed E-state index contributed by atoms with van der Waals surface area (Å²) < 4.78 is 0. The van der Waals surface area contributed by atoms with Crippen LogP contribution in [-0.4, -0.2) is 54.6 Å². The third kappa shape index (κ3) is 4.44. The Balaban J connectivity index is 2.02. The van der Waals surface area contributed by atoms with E-state index in [0.29, 0.717) is 22.8 Å². The van der Waals surface area contributed by atoms with Gasteiger partial charge >= 0.3 is 0 Å². The number of imidazole rings is 1. The van der Waals surface area contributed by atoms with Crippen LogP contribution in [-0.2, 0) is 0 Å². The topological polar surface area (TPSA) is 144 Å². The Labute approximate surface area is 138 Å². The molecule has 5 N–H and O–H groups in total. The van der Waals surface area contributed by atoms with E-state index in [2.05, 4.69) is 25.5 Å². The molecular weight excluding hydrogens is 314 g/mol. The van der Waals surface area contributed by atoms with E-state index in [0.717, 1.165) is 0 Å². The fourth-order valence-corrected chi connectivity index (χ4v) is 1.92. The number of pyridine rings is 1. The molecule has 9 nitrogen and oxygen atoms in total. The molecule has 0 bridgehead atoms. The Hall–Kier alpha value is -2.62. The van der Waals surface area contributed by atoms with Crippen LogP contribution < -0.4 is 5.43 Å². The standard InChI is InChI=1S/C15H19N5O4/c1-9(19-20-15(24)10-3-2-5-16-7-10)14-17-8-11(18-14)13(23)12(22)4-6-21/h2-3,5,7-8,12-13,21-23H,4,6H2,1H3,(H,17,18)(H,20,24)/b19-9+. The molecule has 0 aliphatic rings. The molecular formula is C15H19N5O4. The summed E-state index contributed by atoms with van der Waals surface area (Å²) in [7, 11) is 0. The molecule has 2 unspecified atom stereocenters. The van der Waals surface area contributed by atoms with E-state index in [1.165, 1.54) is 12.4 Å². The fourth-order valence-electron chi connectivity index (χ4n) is 1.92. The zero-order valence-corrected chi connectivity index (χ0v) is 13.0. The lowest BCUT2D eigenvalue weighted by molar-refractivity contribution is 0.00212. The molecule has 1 amide bonds. The van der Waals surface area contributed by atoms with Crippen LogP contribution in [0.4, 0.5) is 0 Å². The van der Waals surface area contributed by atoms with Crippen molar-refractivity contribution in [3.63, 3.8) is 0 Å². The lowest BCUT2D eigenvalue weighted by Gasteiger charge is -2.14. The summed E-state index contributed by atoms with van der Waals surface area (Å²) in [4.78, 5) is 22.6. The number of aromatic nitrogens is 3. The summed E-state index contributed by atoms with van der Waals surface area (Å²) in [5.41, 5.74) is 3.44. The smallest absolute Gasteiger partial charge is 0.272 e. The molecule has 128 valence electrons. The Morgan fingerprint density at radius 3 is 2.88 bits per heavy atom. The van der Waals surface area contributed by atoms with Crippen LogP contribution in [0.2, 0.25) is 0 Å². The van der Waals surface area contributed by atoms with E-state index in [4.69, 9.17) is 5.11 Å². The van der Waals surface area contributed by atoms with Gasteiger partial charge in [0.25, 0.3) is 5.91 Å². The first-order valence-corrected chi connectivity index (χ1v) is 7.30. The van der Waals surface area contributed by atoms with Crippen molar-refractivity contribution in [2.45, 2.75) is 25.6 Å². The summed E-state index contributed by atoms with van der Waals surface area (Å²) in [6.07, 6.45) is 2.09. The molecule has 2 rings (SSSR count). The first-order valence-electron chi connectivity index (χ1n) is 7.30. The number of hydrogen-bond acceptors (Lipinski definition) is 7. The van der Waals surface area contributed by atoms with Crippen molar-refractivity contribution in [2.75, 3.05) is 6.61 Å². The highest BCUT2D eigenvalue weighted by Crippen LogP contribution is 2.17. The minimum Gasteiger partial charge on any atom is -0.396 e. The molecule has 0 radical (unpaired) electrons. The van der Waals surface area contributed by atoms with Crippen molar-refractivity contribution < 1.29 is 20.1 Å². The Morgan fingerprint density at radius 1 is 1.42 bits per heavy atom. The van der Waals surface area contributed by atoms with Crippen LogP contribution in [0.1, 0.15) is 41.3 Å². The van der Waals surface area contributed by atoms with Crippen LogP contribution in [0.25, 0.3) is 0 Å². The summed E-state index contributed by atoms with van der Waals surface area (Å²) in [6, 6.07) is 3.25. The number of nitrogens with one attached hydrogen (secondary N) is 2. The molecule has 0 fully saturated rings. The highest BCUT2D eigenvalue weighted by atomic mass is 16.3. The average molecular weight is 333 g/mol. The maximum atomic E-state index is 11.9. The van der Waals surface area contributed by atoms with Crippen molar-refractivity contribution in [1.29, 1.82) is 0 Å². The Kier molecular flexibility index (Phi) is 6.13. The number of H-pyrrole nitrogens is 1. The van der Waals surface area contributed by atoms with E-state index in [9.17, 15) is 15.0 Å². The maximum absolute atomic E-state index is 11.9. The molecule has 0 saturated carbocycles. The quantitative estimate of drug-likeness (QED) is 0.349. The van der Waals surface area contributed by atoms with Crippen LogP contribution in [0, 0.1) is 0 Å². The predicted molar refractivity (Wildman–Crippen MR) is 85.2 cm³/mol. The first-order chi connectivity index (χ1) is 11.5. The van der Waals surface area contributed by atoms with Gasteiger partial charge in [0.2, 0.25) is 0 Å². The zero-order valence-electron chi connectivity index (χ0n) is 13.0. The number of nitrogens with zero attached hydrogens (tertiary/aromatic N) is 3. The fraction of sp³-hybridized carbons (Fsp3) is 0.333. The van der Waals surface area contributed by atoms with E-state index < -0.39 is 18.1 Å². The van der Waals surface area contributed by atoms with Crippen molar-refractivity contribution in [1.82, 2.24) is 20.4 Å². The van der Waals surface area contributed by atoms with Gasteiger partial charge in [-0.1, -0.05) is 0 Å². The largest absolute Gasteiger partial charge is 0.396 e. The first kappa shape index (κ1) is 17.7. The van der Waals surface area contributed by atoms with Gasteiger partial charge in [0.05, 0.1) is 23.6 Å². The second kappa shape index (κ2) is 8.29. The van der Waals surface area contributed by atoms with E-state index in [1.807, 2.05) is 0 Å². The van der Waals surface area contributed by atoms with Gasteiger partial charge in [0.15, 0.2) is 5.82 Å². The normalized spacial score (nSPS) is 14.2.